The molecule has 0 unspecified atom stereocenters. The Morgan fingerprint density at radius 3 is 1.66 bits per heavy atom. The molecule has 290 valence electrons. The lowest BCUT2D eigenvalue weighted by molar-refractivity contribution is 0.979. The van der Waals surface area contributed by atoms with Crippen LogP contribution >= 0.6 is 11.3 Å². The first-order valence-electron chi connectivity index (χ1n) is 20.9. The van der Waals surface area contributed by atoms with Crippen LogP contribution < -0.4 is 0 Å². The minimum absolute atomic E-state index is 0.673. The van der Waals surface area contributed by atoms with E-state index in [9.17, 15) is 0 Å². The van der Waals surface area contributed by atoms with Crippen LogP contribution in [0.1, 0.15) is 0 Å². The van der Waals surface area contributed by atoms with Crippen LogP contribution in [0.5, 0.6) is 0 Å². The fraction of sp³-hybridized carbons (Fsp3) is 0. The molecule has 5 heteroatoms. The van der Waals surface area contributed by atoms with E-state index in [1.807, 2.05) is 17.4 Å². The van der Waals surface area contributed by atoms with Crippen molar-refractivity contribution in [3.63, 3.8) is 0 Å². The van der Waals surface area contributed by atoms with E-state index >= 15 is 0 Å². The van der Waals surface area contributed by atoms with E-state index in [2.05, 4.69) is 217 Å². The maximum atomic E-state index is 5.40. The number of fused-ring (bicyclic) bond motifs is 6. The minimum Gasteiger partial charge on any atom is -0.231 e. The second-order valence-corrected chi connectivity index (χ2v) is 16.6. The molecule has 8 aromatic carbocycles. The number of benzene rings is 8. The zero-order valence-electron chi connectivity index (χ0n) is 33.5. The zero-order chi connectivity index (χ0) is 41.0. The maximum Gasteiger partial charge on any atom is 0.160 e. The summed E-state index contributed by atoms with van der Waals surface area (Å²) < 4.78 is 4.75. The largest absolute Gasteiger partial charge is 0.231 e. The molecule has 0 aliphatic rings. The van der Waals surface area contributed by atoms with E-state index in [1.54, 1.807) is 0 Å². The average molecular weight is 809 g/mol. The molecular formula is C57H36N4S. The van der Waals surface area contributed by atoms with Crippen LogP contribution in [0.15, 0.2) is 218 Å². The van der Waals surface area contributed by atoms with E-state index in [4.69, 9.17) is 15.1 Å². The molecule has 0 spiro atoms. The normalized spacial score (nSPS) is 11.5. The standard InChI is InChI=1S/C57H36N4S/c1-4-15-38(16-5-1)49-36-50(39-29-27-37(28-30-39)46-24-14-25-48-47-23-12-13-26-52(47)62-56(46)48)59-57(58-49)43-33-31-41(32-34-43)53-54(42-19-8-3-9-20-42)60-61-51(40-17-6-2-7-18-40)35-44-21-10-11-22-45(44)55(53)61/h1-36H. The van der Waals surface area contributed by atoms with Gasteiger partial charge in [-0.2, -0.15) is 5.10 Å². The van der Waals surface area contributed by atoms with Crippen LogP contribution in [0.4, 0.5) is 0 Å². The van der Waals surface area contributed by atoms with Crippen molar-refractivity contribution in [1.29, 1.82) is 0 Å². The van der Waals surface area contributed by atoms with Gasteiger partial charge in [-0.15, -0.1) is 11.3 Å². The van der Waals surface area contributed by atoms with Crippen molar-refractivity contribution in [2.24, 2.45) is 0 Å². The summed E-state index contributed by atoms with van der Waals surface area (Å²) in [5, 5.41) is 10.3. The molecular weight excluding hydrogens is 773 g/mol. The fourth-order valence-corrected chi connectivity index (χ4v) is 10.1. The Balaban J connectivity index is 0.983. The molecule has 4 aromatic heterocycles. The Morgan fingerprint density at radius 1 is 0.387 bits per heavy atom. The molecule has 12 aromatic rings. The second-order valence-electron chi connectivity index (χ2n) is 15.6. The summed E-state index contributed by atoms with van der Waals surface area (Å²) in [7, 11) is 0. The van der Waals surface area contributed by atoms with E-state index in [0.717, 1.165) is 72.6 Å². The SMILES string of the molecule is c1ccc(-c2cc(-c3ccc(-c4cccc5c4sc4ccccc45)cc3)nc(-c3ccc(-c4c(-c5ccccc5)nn5c(-c6ccccc6)cc6ccccc6c45)cc3)n2)cc1. The predicted octanol–water partition coefficient (Wildman–Crippen LogP) is 15.3. The van der Waals surface area contributed by atoms with Gasteiger partial charge < -0.3 is 0 Å². The van der Waals surface area contributed by atoms with E-state index < -0.39 is 0 Å². The van der Waals surface area contributed by atoms with Crippen molar-refractivity contribution in [1.82, 2.24) is 19.6 Å². The smallest absolute Gasteiger partial charge is 0.160 e. The molecule has 0 saturated heterocycles. The molecule has 0 saturated carbocycles. The van der Waals surface area contributed by atoms with Crippen LogP contribution in [0.25, 0.3) is 115 Å². The molecule has 0 aliphatic carbocycles. The van der Waals surface area contributed by atoms with E-state index in [-0.39, 0.29) is 0 Å². The summed E-state index contributed by atoms with van der Waals surface area (Å²) in [5.41, 5.74) is 14.6. The van der Waals surface area contributed by atoms with Crippen molar-refractivity contribution in [3.8, 4) is 78.7 Å². The number of thiophene rings is 1. The minimum atomic E-state index is 0.673. The monoisotopic (exact) mass is 808 g/mol. The van der Waals surface area contributed by atoms with E-state index in [0.29, 0.717) is 5.82 Å². The van der Waals surface area contributed by atoms with Crippen LogP contribution in [0.3, 0.4) is 0 Å². The van der Waals surface area contributed by atoms with Crippen LogP contribution in [0.2, 0.25) is 0 Å². The third kappa shape index (κ3) is 6.18. The first kappa shape index (κ1) is 35.9. The van der Waals surface area contributed by atoms with Gasteiger partial charge in [0, 0.05) is 58.9 Å². The summed E-state index contributed by atoms with van der Waals surface area (Å²) in [6, 6.07) is 77.2. The lowest BCUT2D eigenvalue weighted by atomic mass is 9.96. The van der Waals surface area contributed by atoms with Crippen molar-refractivity contribution in [2.75, 3.05) is 0 Å². The van der Waals surface area contributed by atoms with Gasteiger partial charge in [0.05, 0.1) is 22.6 Å². The molecule has 0 aliphatic heterocycles. The van der Waals surface area contributed by atoms with Gasteiger partial charge in [-0.25, -0.2) is 14.5 Å². The summed E-state index contributed by atoms with van der Waals surface area (Å²) in [6.45, 7) is 0. The van der Waals surface area contributed by atoms with Crippen molar-refractivity contribution in [2.45, 2.75) is 0 Å². The van der Waals surface area contributed by atoms with Gasteiger partial charge in [-0.1, -0.05) is 200 Å². The molecule has 0 fully saturated rings. The van der Waals surface area contributed by atoms with E-state index in [1.165, 1.54) is 36.7 Å². The zero-order valence-corrected chi connectivity index (χ0v) is 34.3. The fourth-order valence-electron chi connectivity index (χ4n) is 8.84. The molecule has 0 N–H and O–H groups in total. The summed E-state index contributed by atoms with van der Waals surface area (Å²) in [4.78, 5) is 10.4. The van der Waals surface area contributed by atoms with Gasteiger partial charge in [-0.3, -0.25) is 0 Å². The van der Waals surface area contributed by atoms with Gasteiger partial charge in [0.1, 0.15) is 5.69 Å². The Morgan fingerprint density at radius 2 is 0.935 bits per heavy atom. The Hall–Kier alpha value is -7.99. The van der Waals surface area contributed by atoms with Crippen molar-refractivity contribution in [3.05, 3.63) is 218 Å². The highest BCUT2D eigenvalue weighted by atomic mass is 32.1. The van der Waals surface area contributed by atoms with Gasteiger partial charge in [0.2, 0.25) is 0 Å². The highest BCUT2D eigenvalue weighted by Crippen LogP contribution is 2.43. The van der Waals surface area contributed by atoms with Gasteiger partial charge >= 0.3 is 0 Å². The van der Waals surface area contributed by atoms with Gasteiger partial charge in [0.25, 0.3) is 0 Å². The van der Waals surface area contributed by atoms with Crippen LogP contribution in [0, 0.1) is 0 Å². The third-order valence-corrected chi connectivity index (χ3v) is 13.1. The lowest BCUT2D eigenvalue weighted by Gasteiger charge is -2.12. The Bertz CT molecular complexity index is 3590. The lowest BCUT2D eigenvalue weighted by Crippen LogP contribution is -1.96. The number of pyridine rings is 1. The molecule has 62 heavy (non-hydrogen) atoms. The maximum absolute atomic E-state index is 5.40. The molecule has 0 radical (unpaired) electrons. The Kier molecular flexibility index (Phi) is 8.65. The second kappa shape index (κ2) is 14.9. The molecule has 0 amide bonds. The first-order chi connectivity index (χ1) is 30.7. The average Bonchev–Trinajstić information content (AvgIpc) is 3.95. The summed E-state index contributed by atoms with van der Waals surface area (Å²) in [5.74, 6) is 0.673. The van der Waals surface area contributed by atoms with Crippen molar-refractivity contribution < 1.29 is 0 Å². The number of nitrogens with zero attached hydrogens (tertiary/aromatic N) is 4. The highest BCUT2D eigenvalue weighted by Gasteiger charge is 2.22. The number of hydrogen-bond donors (Lipinski definition) is 0. The molecule has 4 nitrogen and oxygen atoms in total. The number of rotatable bonds is 7. The molecule has 0 atom stereocenters. The topological polar surface area (TPSA) is 43.1 Å². The summed E-state index contributed by atoms with van der Waals surface area (Å²) in [6.07, 6.45) is 0. The van der Waals surface area contributed by atoms with Crippen LogP contribution in [-0.2, 0) is 0 Å². The first-order valence-corrected chi connectivity index (χ1v) is 21.7. The number of aromatic nitrogens is 4. The van der Waals surface area contributed by atoms with Gasteiger partial charge in [-0.05, 0) is 40.3 Å². The summed E-state index contributed by atoms with van der Waals surface area (Å²) >= 11 is 1.86. The molecule has 4 heterocycles. The van der Waals surface area contributed by atoms with Gasteiger partial charge in [0.15, 0.2) is 5.82 Å². The highest BCUT2D eigenvalue weighted by molar-refractivity contribution is 7.26. The number of hydrogen-bond acceptors (Lipinski definition) is 4. The van der Waals surface area contributed by atoms with Crippen LogP contribution in [-0.4, -0.2) is 19.6 Å². The molecule has 12 rings (SSSR count). The predicted molar refractivity (Wildman–Crippen MR) is 259 cm³/mol. The third-order valence-electron chi connectivity index (χ3n) is 11.9. The quantitative estimate of drug-likeness (QED) is 0.161. The molecule has 0 bridgehead atoms. The van der Waals surface area contributed by atoms with Crippen molar-refractivity contribution >= 4 is 47.8 Å². The Labute approximate surface area is 362 Å².